The standard InChI is InChI=1S/C28H30Cl2FN3O4/c29-19-3-6-21(7-4-19)34-25(2-1-14-35)23(17-26(34)22-8-5-20(31)16-24(22)30)28(38)33-12-9-18(10-13-33)27(37)32-11-15-36/h3-8,16-18,35-36H,1-2,9-15H2,(H,32,37). The molecule has 0 radical (unpaired) electrons. The highest BCUT2D eigenvalue weighted by Gasteiger charge is 2.31. The molecule has 0 spiro atoms. The lowest BCUT2D eigenvalue weighted by molar-refractivity contribution is -0.126. The Kier molecular flexibility index (Phi) is 9.44. The smallest absolute Gasteiger partial charge is 0.255 e. The fraction of sp³-hybridized carbons (Fsp3) is 0.357. The van der Waals surface area contributed by atoms with Crippen molar-refractivity contribution in [3.63, 3.8) is 0 Å². The fourth-order valence-electron chi connectivity index (χ4n) is 4.85. The number of carbonyl (C=O) groups excluding carboxylic acids is 2. The fourth-order valence-corrected chi connectivity index (χ4v) is 5.24. The maximum atomic E-state index is 13.9. The first-order valence-electron chi connectivity index (χ1n) is 12.6. The average molecular weight is 562 g/mol. The molecule has 3 aromatic rings. The number of nitrogens with zero attached hydrogens (tertiary/aromatic N) is 2. The van der Waals surface area contributed by atoms with Crippen LogP contribution in [-0.2, 0) is 11.2 Å². The lowest BCUT2D eigenvalue weighted by atomic mass is 9.95. The lowest BCUT2D eigenvalue weighted by Crippen LogP contribution is -2.43. The van der Waals surface area contributed by atoms with E-state index in [1.165, 1.54) is 12.1 Å². The van der Waals surface area contributed by atoms with Crippen molar-refractivity contribution < 1.29 is 24.2 Å². The summed E-state index contributed by atoms with van der Waals surface area (Å²) in [5, 5.41) is 22.0. The largest absolute Gasteiger partial charge is 0.396 e. The molecular weight excluding hydrogens is 532 g/mol. The van der Waals surface area contributed by atoms with Gasteiger partial charge in [-0.2, -0.15) is 0 Å². The van der Waals surface area contributed by atoms with E-state index in [-0.39, 0.29) is 42.5 Å². The Hall–Kier alpha value is -2.91. The molecule has 2 amide bonds. The number of benzene rings is 2. The average Bonchev–Trinajstić information content (AvgIpc) is 3.29. The van der Waals surface area contributed by atoms with E-state index in [2.05, 4.69) is 5.32 Å². The zero-order chi connectivity index (χ0) is 27.2. The minimum atomic E-state index is -0.467. The molecule has 10 heteroatoms. The Bertz CT molecular complexity index is 1290. The van der Waals surface area contributed by atoms with Gasteiger partial charge < -0.3 is 25.0 Å². The minimum Gasteiger partial charge on any atom is -0.396 e. The molecule has 0 saturated carbocycles. The van der Waals surface area contributed by atoms with Gasteiger partial charge in [-0.1, -0.05) is 23.2 Å². The van der Waals surface area contributed by atoms with Crippen molar-refractivity contribution in [2.24, 2.45) is 5.92 Å². The van der Waals surface area contributed by atoms with Gasteiger partial charge in [-0.3, -0.25) is 9.59 Å². The molecule has 7 nitrogen and oxygen atoms in total. The molecule has 1 aliphatic heterocycles. The van der Waals surface area contributed by atoms with Crippen LogP contribution in [0.4, 0.5) is 4.39 Å². The third-order valence-electron chi connectivity index (χ3n) is 6.76. The van der Waals surface area contributed by atoms with Gasteiger partial charge in [0, 0.05) is 54.1 Å². The molecule has 0 unspecified atom stereocenters. The summed E-state index contributed by atoms with van der Waals surface area (Å²) in [7, 11) is 0. The molecule has 0 aliphatic carbocycles. The number of aromatic nitrogens is 1. The number of likely N-dealkylation sites (tertiary alicyclic amines) is 1. The normalized spacial score (nSPS) is 14.1. The summed E-state index contributed by atoms with van der Waals surface area (Å²) in [5.41, 5.74) is 3.09. The molecule has 1 aromatic heterocycles. The molecule has 2 aromatic carbocycles. The van der Waals surface area contributed by atoms with Gasteiger partial charge in [-0.05, 0) is 74.2 Å². The summed E-state index contributed by atoms with van der Waals surface area (Å²) in [4.78, 5) is 27.9. The van der Waals surface area contributed by atoms with Gasteiger partial charge in [0.2, 0.25) is 5.91 Å². The summed E-state index contributed by atoms with van der Waals surface area (Å²) < 4.78 is 15.8. The molecule has 0 bridgehead atoms. The Morgan fingerprint density at radius 1 is 1.00 bits per heavy atom. The Balaban J connectivity index is 1.74. The first-order chi connectivity index (χ1) is 18.3. The zero-order valence-electron chi connectivity index (χ0n) is 20.8. The van der Waals surface area contributed by atoms with Crippen molar-refractivity contribution in [3.8, 4) is 16.9 Å². The summed E-state index contributed by atoms with van der Waals surface area (Å²) in [6.45, 7) is 0.854. The van der Waals surface area contributed by atoms with Crippen molar-refractivity contribution in [1.82, 2.24) is 14.8 Å². The van der Waals surface area contributed by atoms with Crippen LogP contribution in [0.3, 0.4) is 0 Å². The predicted octanol–water partition coefficient (Wildman–Crippen LogP) is 4.48. The van der Waals surface area contributed by atoms with Crippen LogP contribution in [0.2, 0.25) is 10.0 Å². The highest BCUT2D eigenvalue weighted by Crippen LogP contribution is 2.36. The molecule has 1 aliphatic rings. The first kappa shape index (κ1) is 28.1. The van der Waals surface area contributed by atoms with Crippen molar-refractivity contribution in [1.29, 1.82) is 0 Å². The van der Waals surface area contributed by atoms with Crippen LogP contribution in [0.5, 0.6) is 0 Å². The second-order valence-corrected chi connectivity index (χ2v) is 10.1. The monoisotopic (exact) mass is 561 g/mol. The number of aliphatic hydroxyl groups is 2. The molecule has 3 N–H and O–H groups in total. The van der Waals surface area contributed by atoms with E-state index in [9.17, 15) is 19.1 Å². The van der Waals surface area contributed by atoms with Gasteiger partial charge in [-0.15, -0.1) is 0 Å². The maximum Gasteiger partial charge on any atom is 0.255 e. The van der Waals surface area contributed by atoms with Gasteiger partial charge in [0.15, 0.2) is 0 Å². The summed E-state index contributed by atoms with van der Waals surface area (Å²) in [5.74, 6) is -0.978. The van der Waals surface area contributed by atoms with Crippen LogP contribution in [0.25, 0.3) is 16.9 Å². The van der Waals surface area contributed by atoms with Crippen LogP contribution >= 0.6 is 23.2 Å². The van der Waals surface area contributed by atoms with E-state index >= 15 is 0 Å². The quantitative estimate of drug-likeness (QED) is 0.359. The second kappa shape index (κ2) is 12.8. The van der Waals surface area contributed by atoms with Crippen molar-refractivity contribution in [3.05, 3.63) is 75.7 Å². The molecule has 1 fully saturated rings. The maximum absolute atomic E-state index is 13.9. The molecule has 4 rings (SSSR count). The number of amides is 2. The van der Waals surface area contributed by atoms with Gasteiger partial charge in [0.25, 0.3) is 5.91 Å². The van der Waals surface area contributed by atoms with E-state index in [1.54, 1.807) is 29.2 Å². The van der Waals surface area contributed by atoms with E-state index in [4.69, 9.17) is 28.3 Å². The van der Waals surface area contributed by atoms with Crippen LogP contribution < -0.4 is 5.32 Å². The number of rotatable bonds is 9. The van der Waals surface area contributed by atoms with Crippen molar-refractivity contribution in [2.45, 2.75) is 25.7 Å². The summed E-state index contributed by atoms with van der Waals surface area (Å²) in [6, 6.07) is 13.1. The zero-order valence-corrected chi connectivity index (χ0v) is 22.3. The minimum absolute atomic E-state index is 0.0551. The lowest BCUT2D eigenvalue weighted by Gasteiger charge is -2.31. The SMILES string of the molecule is O=C(NCCO)C1CCN(C(=O)c2cc(-c3ccc(F)cc3Cl)n(-c3ccc(Cl)cc3)c2CCCO)CC1. The van der Waals surface area contributed by atoms with Gasteiger partial charge >= 0.3 is 0 Å². The molecule has 38 heavy (non-hydrogen) atoms. The number of piperidine rings is 1. The second-order valence-electron chi connectivity index (χ2n) is 9.23. The van der Waals surface area contributed by atoms with Crippen LogP contribution in [0, 0.1) is 11.7 Å². The Labute approximate surface area is 230 Å². The van der Waals surface area contributed by atoms with Crippen LogP contribution in [-0.4, -0.2) is 64.3 Å². The van der Waals surface area contributed by atoms with Crippen molar-refractivity contribution in [2.75, 3.05) is 32.8 Å². The Morgan fingerprint density at radius 3 is 2.34 bits per heavy atom. The molecule has 202 valence electrons. The molecule has 2 heterocycles. The first-order valence-corrected chi connectivity index (χ1v) is 13.3. The highest BCUT2D eigenvalue weighted by atomic mass is 35.5. The van der Waals surface area contributed by atoms with Crippen LogP contribution in [0.15, 0.2) is 48.5 Å². The van der Waals surface area contributed by atoms with E-state index in [1.807, 2.05) is 16.7 Å². The third kappa shape index (κ3) is 6.21. The number of carbonyl (C=O) groups is 2. The Morgan fingerprint density at radius 2 is 1.71 bits per heavy atom. The number of hydrogen-bond donors (Lipinski definition) is 3. The van der Waals surface area contributed by atoms with Gasteiger partial charge in [0.1, 0.15) is 5.82 Å². The number of aliphatic hydroxyl groups excluding tert-OH is 2. The van der Waals surface area contributed by atoms with Gasteiger partial charge in [-0.25, -0.2) is 4.39 Å². The summed E-state index contributed by atoms with van der Waals surface area (Å²) in [6.07, 6.45) is 1.88. The summed E-state index contributed by atoms with van der Waals surface area (Å²) >= 11 is 12.6. The van der Waals surface area contributed by atoms with E-state index in [0.717, 1.165) is 5.69 Å². The number of hydrogen-bond acceptors (Lipinski definition) is 4. The third-order valence-corrected chi connectivity index (χ3v) is 7.33. The molecule has 0 atom stereocenters. The number of nitrogens with one attached hydrogen (secondary N) is 1. The molecule has 1 saturated heterocycles. The molecular formula is C28H30Cl2FN3O4. The van der Waals surface area contributed by atoms with Gasteiger partial charge in [0.05, 0.1) is 22.9 Å². The van der Waals surface area contributed by atoms with E-state index < -0.39 is 5.82 Å². The van der Waals surface area contributed by atoms with Crippen LogP contribution in [0.1, 0.15) is 35.3 Å². The van der Waals surface area contributed by atoms with Crippen molar-refractivity contribution >= 4 is 35.0 Å². The number of halogens is 3. The van der Waals surface area contributed by atoms with E-state index in [0.29, 0.717) is 66.3 Å². The topological polar surface area (TPSA) is 94.8 Å². The highest BCUT2D eigenvalue weighted by molar-refractivity contribution is 6.33. The predicted molar refractivity (Wildman–Crippen MR) is 145 cm³/mol.